The monoisotopic (exact) mass is 247 g/mol. The van der Waals surface area contributed by atoms with Gasteiger partial charge in [0.25, 0.3) is 0 Å². The standard InChI is InChI=1S/C11H21NO3S/c1-2-11-7-9(3-5-15-11)12-10-4-6-16(13,14)8-10/h9-12H,2-8H2,1H3. The van der Waals surface area contributed by atoms with Crippen LogP contribution in [0.3, 0.4) is 0 Å². The molecule has 0 radical (unpaired) electrons. The van der Waals surface area contributed by atoms with E-state index in [0.29, 0.717) is 23.7 Å². The van der Waals surface area contributed by atoms with Crippen molar-refractivity contribution < 1.29 is 13.2 Å². The summed E-state index contributed by atoms with van der Waals surface area (Å²) >= 11 is 0. The van der Waals surface area contributed by atoms with Crippen LogP contribution in [0.25, 0.3) is 0 Å². The first-order valence-corrected chi connectivity index (χ1v) is 7.99. The smallest absolute Gasteiger partial charge is 0.151 e. The Labute approximate surface area is 97.7 Å². The van der Waals surface area contributed by atoms with Crippen molar-refractivity contribution in [2.24, 2.45) is 0 Å². The van der Waals surface area contributed by atoms with Crippen molar-refractivity contribution in [3.8, 4) is 0 Å². The Morgan fingerprint density at radius 3 is 2.75 bits per heavy atom. The summed E-state index contributed by atoms with van der Waals surface area (Å²) in [6.07, 6.45) is 4.20. The number of hydrogen-bond acceptors (Lipinski definition) is 4. The molecule has 2 aliphatic rings. The molecule has 2 rings (SSSR count). The van der Waals surface area contributed by atoms with Crippen molar-refractivity contribution in [3.05, 3.63) is 0 Å². The quantitative estimate of drug-likeness (QED) is 0.798. The summed E-state index contributed by atoms with van der Waals surface area (Å²) in [5.41, 5.74) is 0. The van der Waals surface area contributed by atoms with Gasteiger partial charge in [-0.1, -0.05) is 6.92 Å². The first-order valence-electron chi connectivity index (χ1n) is 6.17. The van der Waals surface area contributed by atoms with Gasteiger partial charge >= 0.3 is 0 Å². The molecular weight excluding hydrogens is 226 g/mol. The zero-order valence-electron chi connectivity index (χ0n) is 9.81. The van der Waals surface area contributed by atoms with Gasteiger partial charge in [0.05, 0.1) is 17.6 Å². The Hall–Kier alpha value is -0.130. The summed E-state index contributed by atoms with van der Waals surface area (Å²) in [5, 5.41) is 3.48. The van der Waals surface area contributed by atoms with Crippen LogP contribution in [0.4, 0.5) is 0 Å². The van der Waals surface area contributed by atoms with Crippen LogP contribution in [-0.2, 0) is 14.6 Å². The first kappa shape index (κ1) is 12.3. The van der Waals surface area contributed by atoms with Crippen molar-refractivity contribution in [1.29, 1.82) is 0 Å². The molecule has 0 aromatic heterocycles. The molecule has 2 heterocycles. The van der Waals surface area contributed by atoms with Crippen molar-refractivity contribution in [1.82, 2.24) is 5.32 Å². The van der Waals surface area contributed by atoms with Crippen LogP contribution in [0.15, 0.2) is 0 Å². The second-order valence-electron chi connectivity index (χ2n) is 4.89. The first-order chi connectivity index (χ1) is 7.59. The largest absolute Gasteiger partial charge is 0.378 e. The van der Waals surface area contributed by atoms with Crippen molar-refractivity contribution in [3.63, 3.8) is 0 Å². The summed E-state index contributed by atoms with van der Waals surface area (Å²) in [7, 11) is -2.76. The van der Waals surface area contributed by atoms with Crippen LogP contribution < -0.4 is 5.32 Å². The Bertz CT molecular complexity index is 328. The SMILES string of the molecule is CCC1CC(NC2CCS(=O)(=O)C2)CCO1. The van der Waals surface area contributed by atoms with Gasteiger partial charge in [-0.15, -0.1) is 0 Å². The minimum absolute atomic E-state index is 0.172. The Balaban J connectivity index is 1.81. The lowest BCUT2D eigenvalue weighted by atomic mass is 10.0. The highest BCUT2D eigenvalue weighted by Crippen LogP contribution is 2.19. The maximum atomic E-state index is 11.3. The zero-order valence-corrected chi connectivity index (χ0v) is 10.6. The zero-order chi connectivity index (χ0) is 11.6. The molecule has 2 aliphatic heterocycles. The fraction of sp³-hybridized carbons (Fsp3) is 1.00. The van der Waals surface area contributed by atoms with E-state index in [1.54, 1.807) is 0 Å². The van der Waals surface area contributed by atoms with Gasteiger partial charge in [-0.25, -0.2) is 8.42 Å². The predicted octanol–water partition coefficient (Wildman–Crippen LogP) is 0.721. The molecule has 16 heavy (non-hydrogen) atoms. The molecule has 0 saturated carbocycles. The van der Waals surface area contributed by atoms with Crippen LogP contribution in [-0.4, -0.2) is 44.7 Å². The van der Waals surface area contributed by atoms with Crippen molar-refractivity contribution in [2.75, 3.05) is 18.1 Å². The third-order valence-electron chi connectivity index (χ3n) is 3.53. The van der Waals surface area contributed by atoms with Gasteiger partial charge in [0.15, 0.2) is 9.84 Å². The molecule has 0 aromatic rings. The fourth-order valence-corrected chi connectivity index (χ4v) is 4.26. The number of nitrogens with one attached hydrogen (secondary N) is 1. The lowest BCUT2D eigenvalue weighted by molar-refractivity contribution is -0.00145. The summed E-state index contributed by atoms with van der Waals surface area (Å²) in [6, 6.07) is 0.614. The number of hydrogen-bond donors (Lipinski definition) is 1. The Morgan fingerprint density at radius 1 is 1.31 bits per heavy atom. The molecule has 0 aromatic carbocycles. The molecular formula is C11H21NO3S. The van der Waals surface area contributed by atoms with E-state index in [2.05, 4.69) is 12.2 Å². The van der Waals surface area contributed by atoms with Gasteiger partial charge in [0.1, 0.15) is 0 Å². The van der Waals surface area contributed by atoms with Crippen LogP contribution in [0.2, 0.25) is 0 Å². The molecule has 3 atom stereocenters. The van der Waals surface area contributed by atoms with Gasteiger partial charge in [0, 0.05) is 18.7 Å². The lowest BCUT2D eigenvalue weighted by Crippen LogP contribution is -2.44. The topological polar surface area (TPSA) is 55.4 Å². The molecule has 2 saturated heterocycles. The molecule has 2 fully saturated rings. The normalized spacial score (nSPS) is 38.7. The van der Waals surface area contributed by atoms with E-state index in [0.717, 1.165) is 32.3 Å². The van der Waals surface area contributed by atoms with E-state index in [4.69, 9.17) is 4.74 Å². The molecule has 0 spiro atoms. The van der Waals surface area contributed by atoms with E-state index in [9.17, 15) is 8.42 Å². The molecule has 5 heteroatoms. The highest BCUT2D eigenvalue weighted by Gasteiger charge is 2.30. The van der Waals surface area contributed by atoms with Crippen LogP contribution in [0.1, 0.15) is 32.6 Å². The predicted molar refractivity (Wildman–Crippen MR) is 63.2 cm³/mol. The molecule has 0 amide bonds. The summed E-state index contributed by atoms with van der Waals surface area (Å²) in [6.45, 7) is 2.93. The molecule has 0 bridgehead atoms. The van der Waals surface area contributed by atoms with Gasteiger partial charge in [-0.3, -0.25) is 0 Å². The van der Waals surface area contributed by atoms with E-state index in [-0.39, 0.29) is 6.04 Å². The Morgan fingerprint density at radius 2 is 2.12 bits per heavy atom. The van der Waals surface area contributed by atoms with Crippen molar-refractivity contribution in [2.45, 2.75) is 50.8 Å². The summed E-state index contributed by atoms with van der Waals surface area (Å²) < 4.78 is 28.3. The molecule has 94 valence electrons. The molecule has 1 N–H and O–H groups in total. The maximum Gasteiger partial charge on any atom is 0.151 e. The minimum atomic E-state index is -2.76. The van der Waals surface area contributed by atoms with Crippen LogP contribution in [0.5, 0.6) is 0 Å². The van der Waals surface area contributed by atoms with Crippen LogP contribution in [0, 0.1) is 0 Å². The third kappa shape index (κ3) is 3.18. The van der Waals surface area contributed by atoms with Gasteiger partial charge in [0.2, 0.25) is 0 Å². The second kappa shape index (κ2) is 5.02. The molecule has 0 aliphatic carbocycles. The van der Waals surface area contributed by atoms with E-state index >= 15 is 0 Å². The van der Waals surface area contributed by atoms with Crippen LogP contribution >= 0.6 is 0 Å². The maximum absolute atomic E-state index is 11.3. The Kier molecular flexibility index (Phi) is 3.87. The van der Waals surface area contributed by atoms with Gasteiger partial charge in [-0.05, 0) is 25.7 Å². The fourth-order valence-electron chi connectivity index (χ4n) is 2.58. The number of rotatable bonds is 3. The summed E-state index contributed by atoms with van der Waals surface area (Å²) in [4.78, 5) is 0. The highest BCUT2D eigenvalue weighted by molar-refractivity contribution is 7.91. The average molecular weight is 247 g/mol. The van der Waals surface area contributed by atoms with E-state index < -0.39 is 9.84 Å². The van der Waals surface area contributed by atoms with E-state index in [1.807, 2.05) is 0 Å². The minimum Gasteiger partial charge on any atom is -0.378 e. The number of sulfone groups is 1. The lowest BCUT2D eigenvalue weighted by Gasteiger charge is -2.31. The van der Waals surface area contributed by atoms with E-state index in [1.165, 1.54) is 0 Å². The second-order valence-corrected chi connectivity index (χ2v) is 7.12. The van der Waals surface area contributed by atoms with Gasteiger partial charge in [-0.2, -0.15) is 0 Å². The summed E-state index contributed by atoms with van der Waals surface area (Å²) in [5.74, 6) is 0.673. The van der Waals surface area contributed by atoms with Crippen molar-refractivity contribution >= 4 is 9.84 Å². The average Bonchev–Trinajstić information content (AvgIpc) is 2.58. The van der Waals surface area contributed by atoms with Gasteiger partial charge < -0.3 is 10.1 Å². The molecule has 4 nitrogen and oxygen atoms in total. The highest BCUT2D eigenvalue weighted by atomic mass is 32.2. The third-order valence-corrected chi connectivity index (χ3v) is 5.29. The number of ether oxygens (including phenoxy) is 1. The molecule has 3 unspecified atom stereocenters.